The summed E-state index contributed by atoms with van der Waals surface area (Å²) in [4.78, 5) is 51.9. The largest absolute Gasteiger partial charge is 0.477 e. The Bertz CT molecular complexity index is 1220. The molecule has 1 unspecified atom stereocenters. The first kappa shape index (κ1) is 23.2. The van der Waals surface area contributed by atoms with Crippen LogP contribution in [0.4, 0.5) is 6.01 Å². The van der Waals surface area contributed by atoms with Crippen molar-refractivity contribution in [2.24, 2.45) is 5.16 Å². The fourth-order valence-electron chi connectivity index (χ4n) is 3.87. The number of carboxylic acids is 1. The first-order valence-electron chi connectivity index (χ1n) is 10.1. The highest BCUT2D eigenvalue weighted by atomic mass is 32.2. The number of anilines is 1. The molecule has 13 nitrogen and oxygen atoms in total. The van der Waals surface area contributed by atoms with E-state index in [2.05, 4.69) is 20.4 Å². The molecular formula is C20H22N7O6S+. The predicted octanol–water partition coefficient (Wildman–Crippen LogP) is -0.655. The molecule has 0 radical (unpaired) electrons. The summed E-state index contributed by atoms with van der Waals surface area (Å²) < 4.78 is 6.75. The Labute approximate surface area is 197 Å². The molecule has 2 atom stereocenters. The van der Waals surface area contributed by atoms with Crippen molar-refractivity contribution in [1.82, 2.24) is 20.2 Å². The second kappa shape index (κ2) is 9.13. The molecule has 1 fully saturated rings. The monoisotopic (exact) mass is 488 g/mol. The Morgan fingerprint density at radius 1 is 1.38 bits per heavy atom. The Balaban J connectivity index is 1.55. The number of oxime groups is 1. The van der Waals surface area contributed by atoms with E-state index in [9.17, 15) is 19.5 Å². The average Bonchev–Trinajstić information content (AvgIpc) is 3.20. The molecule has 0 saturated carbocycles. The van der Waals surface area contributed by atoms with Crippen LogP contribution >= 0.6 is 11.8 Å². The molecule has 0 aliphatic carbocycles. The highest BCUT2D eigenvalue weighted by Gasteiger charge is 2.54. The van der Waals surface area contributed by atoms with Gasteiger partial charge >= 0.3 is 5.97 Å². The number of hydrogen-bond acceptors (Lipinski definition) is 10. The molecule has 0 spiro atoms. The number of aromatic nitrogens is 3. The van der Waals surface area contributed by atoms with Crippen molar-refractivity contribution < 1.29 is 33.3 Å². The Kier molecular flexibility index (Phi) is 6.24. The third-order valence-electron chi connectivity index (χ3n) is 5.13. The molecule has 0 aromatic carbocycles. The van der Waals surface area contributed by atoms with Crippen LogP contribution in [-0.2, 0) is 25.8 Å². The third kappa shape index (κ3) is 4.31. The molecule has 2 aromatic rings. The van der Waals surface area contributed by atoms with E-state index in [4.69, 9.17) is 15.0 Å². The van der Waals surface area contributed by atoms with E-state index < -0.39 is 29.2 Å². The number of amides is 2. The summed E-state index contributed by atoms with van der Waals surface area (Å²) in [6.07, 6.45) is 4.75. The molecule has 2 aliphatic heterocycles. The number of oxazole rings is 1. The second-order valence-corrected chi connectivity index (χ2v) is 8.74. The molecule has 4 N–H and O–H groups in total. The van der Waals surface area contributed by atoms with Gasteiger partial charge in [0.2, 0.25) is 0 Å². The van der Waals surface area contributed by atoms with Crippen LogP contribution in [0.25, 0.3) is 0 Å². The minimum Gasteiger partial charge on any atom is -0.477 e. The first-order valence-corrected chi connectivity index (χ1v) is 11.1. The molecule has 2 aliphatic rings. The number of aliphatic carboxylic acids is 1. The standard InChI is InChI=1S/C20H21N7O6S/c1-9-4-26(5-10(2)22-9)6-11-8-34-18-14(17(29)27(18)15(11)19(30)31)24-16(28)13(25-32-3)12-7-33-20(21)23-12/h4-5,7,14,18H,6,8H2,1-3H3,(H3-,21,23,24,28,30,31)/p+1/t14?,18-/m0/s1. The molecular weight excluding hydrogens is 466 g/mol. The fourth-order valence-corrected chi connectivity index (χ4v) is 5.21. The quantitative estimate of drug-likeness (QED) is 0.196. The normalized spacial score (nSPS) is 20.0. The van der Waals surface area contributed by atoms with Gasteiger partial charge in [-0.3, -0.25) is 14.5 Å². The molecule has 2 aromatic heterocycles. The van der Waals surface area contributed by atoms with E-state index in [0.29, 0.717) is 17.9 Å². The number of carbonyl (C=O) groups is 3. The molecule has 34 heavy (non-hydrogen) atoms. The van der Waals surface area contributed by atoms with Gasteiger partial charge in [0.15, 0.2) is 24.7 Å². The number of carboxylic acid groups (broad SMARTS) is 1. The highest BCUT2D eigenvalue weighted by molar-refractivity contribution is 8.00. The minimum absolute atomic E-state index is 0.0325. The Hall–Kier alpha value is -3.94. The highest BCUT2D eigenvalue weighted by Crippen LogP contribution is 2.40. The summed E-state index contributed by atoms with van der Waals surface area (Å²) in [5.41, 5.74) is 7.35. The minimum atomic E-state index is -1.21. The smallest absolute Gasteiger partial charge is 0.352 e. The van der Waals surface area contributed by atoms with Gasteiger partial charge in [-0.1, -0.05) is 5.16 Å². The van der Waals surface area contributed by atoms with Gasteiger partial charge in [0.05, 0.1) is 0 Å². The maximum Gasteiger partial charge on any atom is 0.352 e. The van der Waals surface area contributed by atoms with Crippen LogP contribution in [0.3, 0.4) is 0 Å². The van der Waals surface area contributed by atoms with Crippen molar-refractivity contribution in [2.45, 2.75) is 31.8 Å². The SMILES string of the molecule is CON=C(C(=O)NC1C(=O)N2C(C(=O)O)=C(C[n+]3cc(C)nc(C)c3)CS[C@@H]12)c1coc(N)n1. The van der Waals surface area contributed by atoms with Crippen molar-refractivity contribution in [3.05, 3.63) is 47.0 Å². The summed E-state index contributed by atoms with van der Waals surface area (Å²) in [6.45, 7) is 4.00. The number of aryl methyl sites for hydroxylation is 2. The van der Waals surface area contributed by atoms with Gasteiger partial charge in [-0.15, -0.1) is 11.8 Å². The van der Waals surface area contributed by atoms with E-state index >= 15 is 0 Å². The second-order valence-electron chi connectivity index (χ2n) is 7.64. The van der Waals surface area contributed by atoms with Crippen LogP contribution < -0.4 is 15.6 Å². The lowest BCUT2D eigenvalue weighted by molar-refractivity contribution is -0.690. The zero-order valence-electron chi connectivity index (χ0n) is 18.5. The first-order chi connectivity index (χ1) is 16.2. The third-order valence-corrected chi connectivity index (χ3v) is 6.47. The summed E-state index contributed by atoms with van der Waals surface area (Å²) in [6, 6.07) is -1.11. The van der Waals surface area contributed by atoms with Crippen molar-refractivity contribution in [1.29, 1.82) is 0 Å². The summed E-state index contributed by atoms with van der Waals surface area (Å²) in [7, 11) is 1.25. The zero-order valence-corrected chi connectivity index (χ0v) is 19.3. The number of thioether (sulfide) groups is 1. The van der Waals surface area contributed by atoms with Crippen LogP contribution in [-0.4, -0.2) is 67.7 Å². The van der Waals surface area contributed by atoms with Gasteiger partial charge in [0.1, 0.15) is 47.6 Å². The van der Waals surface area contributed by atoms with Crippen LogP contribution in [0, 0.1) is 13.8 Å². The van der Waals surface area contributed by atoms with Gasteiger partial charge in [0, 0.05) is 11.3 Å². The van der Waals surface area contributed by atoms with Crippen molar-refractivity contribution >= 4 is 41.3 Å². The topological polar surface area (TPSA) is 177 Å². The van der Waals surface area contributed by atoms with Crippen LogP contribution in [0.2, 0.25) is 0 Å². The number of rotatable bonds is 7. The summed E-state index contributed by atoms with van der Waals surface area (Å²) in [5.74, 6) is -2.11. The number of β-lactam (4-membered cyclic amide) rings is 1. The lowest BCUT2D eigenvalue weighted by Gasteiger charge is -2.49. The molecule has 4 heterocycles. The molecule has 2 amide bonds. The number of hydrogen-bond donors (Lipinski definition) is 3. The number of fused-ring (bicyclic) bond motifs is 1. The number of nitrogens with one attached hydrogen (secondary N) is 1. The average molecular weight is 489 g/mol. The van der Waals surface area contributed by atoms with E-state index in [-0.39, 0.29) is 23.1 Å². The zero-order chi connectivity index (χ0) is 24.6. The van der Waals surface area contributed by atoms with Crippen molar-refractivity contribution in [3.63, 3.8) is 0 Å². The maximum absolute atomic E-state index is 12.9. The Morgan fingerprint density at radius 2 is 2.09 bits per heavy atom. The lowest BCUT2D eigenvalue weighted by atomic mass is 10.0. The van der Waals surface area contributed by atoms with E-state index in [1.165, 1.54) is 23.8 Å². The number of nitrogen functional groups attached to an aromatic ring is 1. The van der Waals surface area contributed by atoms with Crippen LogP contribution in [0.15, 0.2) is 39.5 Å². The lowest BCUT2D eigenvalue weighted by Crippen LogP contribution is -2.71. The molecule has 4 rings (SSSR count). The van der Waals surface area contributed by atoms with E-state index in [1.54, 1.807) is 0 Å². The summed E-state index contributed by atoms with van der Waals surface area (Å²) >= 11 is 1.36. The maximum atomic E-state index is 12.9. The van der Waals surface area contributed by atoms with E-state index in [0.717, 1.165) is 17.7 Å². The van der Waals surface area contributed by atoms with Gasteiger partial charge < -0.3 is 25.4 Å². The molecule has 1 saturated heterocycles. The van der Waals surface area contributed by atoms with Crippen LogP contribution in [0.1, 0.15) is 17.1 Å². The predicted molar refractivity (Wildman–Crippen MR) is 118 cm³/mol. The van der Waals surface area contributed by atoms with Crippen molar-refractivity contribution in [2.75, 3.05) is 18.6 Å². The van der Waals surface area contributed by atoms with Crippen molar-refractivity contribution in [3.8, 4) is 0 Å². The van der Waals surface area contributed by atoms with Gasteiger partial charge in [-0.05, 0) is 13.8 Å². The number of carbonyl (C=O) groups excluding carboxylic acids is 2. The number of nitrogens with two attached hydrogens (primary N) is 1. The van der Waals surface area contributed by atoms with Crippen LogP contribution in [0.5, 0.6) is 0 Å². The Morgan fingerprint density at radius 3 is 2.68 bits per heavy atom. The van der Waals surface area contributed by atoms with Gasteiger partial charge in [0.25, 0.3) is 17.8 Å². The fraction of sp³-hybridized carbons (Fsp3) is 0.350. The molecule has 14 heteroatoms. The molecule has 0 bridgehead atoms. The molecule has 178 valence electrons. The summed E-state index contributed by atoms with van der Waals surface area (Å²) in [5, 5.41) is 15.5. The van der Waals surface area contributed by atoms with Gasteiger partial charge in [-0.25, -0.2) is 9.78 Å². The van der Waals surface area contributed by atoms with Gasteiger partial charge in [-0.2, -0.15) is 9.55 Å². The number of nitrogens with zero attached hydrogens (tertiary/aromatic N) is 5. The van der Waals surface area contributed by atoms with E-state index in [1.807, 2.05) is 30.8 Å².